The Labute approximate surface area is 93.5 Å². The number of aryl methyl sites for hydroxylation is 1. The van der Waals surface area contributed by atoms with Crippen LogP contribution >= 0.6 is 0 Å². The molecule has 16 heavy (non-hydrogen) atoms. The van der Waals surface area contributed by atoms with E-state index in [0.717, 1.165) is 0 Å². The highest BCUT2D eigenvalue weighted by Gasteiger charge is 2.25. The van der Waals surface area contributed by atoms with Gasteiger partial charge < -0.3 is 20.7 Å². The minimum Gasteiger partial charge on any atom is -0.504 e. The van der Waals surface area contributed by atoms with Gasteiger partial charge in [-0.3, -0.25) is 4.79 Å². The Balaban J connectivity index is 3.35. The van der Waals surface area contributed by atoms with Crippen LogP contribution in [0.3, 0.4) is 0 Å². The molecule has 0 fully saturated rings. The second-order valence-electron chi connectivity index (χ2n) is 3.47. The lowest BCUT2D eigenvalue weighted by Gasteiger charge is -2.16. The van der Waals surface area contributed by atoms with E-state index in [1.807, 2.05) is 0 Å². The molecule has 0 aliphatic rings. The molecule has 0 aliphatic heterocycles. The van der Waals surface area contributed by atoms with Crippen LogP contribution in [0.25, 0.3) is 0 Å². The zero-order valence-corrected chi connectivity index (χ0v) is 9.23. The minimum atomic E-state index is -1.06. The van der Waals surface area contributed by atoms with Crippen LogP contribution in [-0.2, 0) is 4.79 Å². The number of aliphatic carboxylic acids is 1. The topological polar surface area (TPSA) is 92.8 Å². The highest BCUT2D eigenvalue weighted by molar-refractivity contribution is 5.79. The quantitative estimate of drug-likeness (QED) is 0.706. The van der Waals surface area contributed by atoms with E-state index in [0.29, 0.717) is 11.1 Å². The highest BCUT2D eigenvalue weighted by Crippen LogP contribution is 2.36. The van der Waals surface area contributed by atoms with Crippen molar-refractivity contribution < 1.29 is 19.7 Å². The van der Waals surface area contributed by atoms with Crippen LogP contribution in [0.15, 0.2) is 12.1 Å². The number of carboxylic acids is 1. The van der Waals surface area contributed by atoms with E-state index in [2.05, 4.69) is 0 Å². The van der Waals surface area contributed by atoms with Gasteiger partial charge in [-0.25, -0.2) is 0 Å². The first-order valence-electron chi connectivity index (χ1n) is 4.82. The van der Waals surface area contributed by atoms with Crippen LogP contribution < -0.4 is 10.5 Å². The molecule has 0 bridgehead atoms. The Bertz CT molecular complexity index is 403. The third-order valence-electron chi connectivity index (χ3n) is 2.50. The van der Waals surface area contributed by atoms with Crippen molar-refractivity contribution in [2.75, 3.05) is 13.7 Å². The number of carbonyl (C=O) groups is 1. The molecule has 88 valence electrons. The lowest BCUT2D eigenvalue weighted by Crippen LogP contribution is -2.22. The van der Waals surface area contributed by atoms with Crippen LogP contribution in [0.5, 0.6) is 11.5 Å². The highest BCUT2D eigenvalue weighted by atomic mass is 16.5. The third-order valence-corrected chi connectivity index (χ3v) is 2.50. The first kappa shape index (κ1) is 12.3. The summed E-state index contributed by atoms with van der Waals surface area (Å²) in [6, 6.07) is 3.28. The molecule has 0 saturated heterocycles. The second kappa shape index (κ2) is 4.85. The summed E-state index contributed by atoms with van der Waals surface area (Å²) < 4.78 is 4.93. The molecule has 0 saturated carbocycles. The molecule has 0 spiro atoms. The number of ether oxygens (including phenoxy) is 1. The Hall–Kier alpha value is -1.75. The molecule has 1 aromatic rings. The van der Waals surface area contributed by atoms with Crippen LogP contribution in [0, 0.1) is 6.92 Å². The standard InChI is InChI=1S/C11H15NO4/c1-6-3-4-8(16-2)10(13)9(6)7(5-12)11(14)15/h3-4,7,13H,5,12H2,1-2H3,(H,14,15). The fourth-order valence-electron chi connectivity index (χ4n) is 1.64. The van der Waals surface area contributed by atoms with Gasteiger partial charge in [-0.1, -0.05) is 6.07 Å². The minimum absolute atomic E-state index is 0.0725. The Kier molecular flexibility index (Phi) is 3.73. The molecule has 5 nitrogen and oxygen atoms in total. The number of nitrogens with two attached hydrogens (primary N) is 1. The number of phenolic OH excluding ortho intramolecular Hbond substituents is 1. The van der Waals surface area contributed by atoms with E-state index in [-0.39, 0.29) is 18.0 Å². The summed E-state index contributed by atoms with van der Waals surface area (Å²) in [6.45, 7) is 1.65. The van der Waals surface area contributed by atoms with Crippen molar-refractivity contribution >= 4 is 5.97 Å². The fourth-order valence-corrected chi connectivity index (χ4v) is 1.64. The van der Waals surface area contributed by atoms with E-state index < -0.39 is 11.9 Å². The molecular formula is C11H15NO4. The summed E-state index contributed by atoms with van der Waals surface area (Å²) in [5.74, 6) is -1.88. The number of hydrogen-bond acceptors (Lipinski definition) is 4. The summed E-state index contributed by atoms with van der Waals surface area (Å²) in [5.41, 5.74) is 6.39. The Morgan fingerprint density at radius 2 is 2.19 bits per heavy atom. The summed E-state index contributed by atoms with van der Waals surface area (Å²) in [4.78, 5) is 11.0. The Morgan fingerprint density at radius 3 is 2.62 bits per heavy atom. The van der Waals surface area contributed by atoms with Crippen LogP contribution in [0.1, 0.15) is 17.0 Å². The van der Waals surface area contributed by atoms with Gasteiger partial charge >= 0.3 is 5.97 Å². The number of carboxylic acid groups (broad SMARTS) is 1. The van der Waals surface area contributed by atoms with Gasteiger partial charge in [-0.05, 0) is 18.6 Å². The predicted octanol–water partition coefficient (Wildman–Crippen LogP) is 0.836. The molecule has 5 heteroatoms. The van der Waals surface area contributed by atoms with Crippen LogP contribution in [0.2, 0.25) is 0 Å². The zero-order valence-electron chi connectivity index (χ0n) is 9.23. The first-order chi connectivity index (χ1) is 7.52. The zero-order chi connectivity index (χ0) is 12.3. The maximum Gasteiger partial charge on any atom is 0.312 e. The molecular weight excluding hydrogens is 210 g/mol. The van der Waals surface area contributed by atoms with Gasteiger partial charge in [-0.2, -0.15) is 0 Å². The van der Waals surface area contributed by atoms with Crippen molar-refractivity contribution in [3.63, 3.8) is 0 Å². The predicted molar refractivity (Wildman–Crippen MR) is 58.8 cm³/mol. The molecule has 1 unspecified atom stereocenters. The number of hydrogen-bond donors (Lipinski definition) is 3. The van der Waals surface area contributed by atoms with Crippen LogP contribution in [0.4, 0.5) is 0 Å². The van der Waals surface area contributed by atoms with E-state index in [1.54, 1.807) is 19.1 Å². The average Bonchev–Trinajstić information content (AvgIpc) is 2.23. The lowest BCUT2D eigenvalue weighted by molar-refractivity contribution is -0.138. The number of benzene rings is 1. The van der Waals surface area contributed by atoms with Gasteiger partial charge in [0.15, 0.2) is 11.5 Å². The van der Waals surface area contributed by atoms with Crippen molar-refractivity contribution in [2.24, 2.45) is 5.73 Å². The largest absolute Gasteiger partial charge is 0.504 e. The summed E-state index contributed by atoms with van der Waals surface area (Å²) >= 11 is 0. The van der Waals surface area contributed by atoms with Crippen molar-refractivity contribution in [3.05, 3.63) is 23.3 Å². The number of methoxy groups -OCH3 is 1. The summed E-state index contributed by atoms with van der Waals surface area (Å²) in [6.07, 6.45) is 0. The summed E-state index contributed by atoms with van der Waals surface area (Å²) in [7, 11) is 1.41. The number of rotatable bonds is 4. The smallest absolute Gasteiger partial charge is 0.312 e. The van der Waals surface area contributed by atoms with Gasteiger partial charge in [0.2, 0.25) is 0 Å². The molecule has 0 radical (unpaired) electrons. The fraction of sp³-hybridized carbons (Fsp3) is 0.364. The number of phenols is 1. The van der Waals surface area contributed by atoms with E-state index in [1.165, 1.54) is 7.11 Å². The molecule has 0 heterocycles. The first-order valence-corrected chi connectivity index (χ1v) is 4.82. The summed E-state index contributed by atoms with van der Waals surface area (Å²) in [5, 5.41) is 18.9. The SMILES string of the molecule is COc1ccc(C)c(C(CN)C(=O)O)c1O. The van der Waals surface area contributed by atoms with Gasteiger partial charge in [-0.15, -0.1) is 0 Å². The van der Waals surface area contributed by atoms with Gasteiger partial charge in [0, 0.05) is 12.1 Å². The third kappa shape index (κ3) is 2.09. The monoisotopic (exact) mass is 225 g/mol. The lowest BCUT2D eigenvalue weighted by atomic mass is 9.93. The average molecular weight is 225 g/mol. The van der Waals surface area contributed by atoms with E-state index in [9.17, 15) is 9.90 Å². The molecule has 4 N–H and O–H groups in total. The molecule has 0 aliphatic carbocycles. The normalized spacial score (nSPS) is 12.2. The van der Waals surface area contributed by atoms with Crippen molar-refractivity contribution in [2.45, 2.75) is 12.8 Å². The van der Waals surface area contributed by atoms with Gasteiger partial charge in [0.1, 0.15) is 0 Å². The molecule has 0 amide bonds. The van der Waals surface area contributed by atoms with Gasteiger partial charge in [0.25, 0.3) is 0 Å². The second-order valence-corrected chi connectivity index (χ2v) is 3.47. The van der Waals surface area contributed by atoms with Crippen molar-refractivity contribution in [1.82, 2.24) is 0 Å². The molecule has 1 atom stereocenters. The van der Waals surface area contributed by atoms with E-state index in [4.69, 9.17) is 15.6 Å². The maximum absolute atomic E-state index is 11.0. The van der Waals surface area contributed by atoms with Crippen molar-refractivity contribution in [1.29, 1.82) is 0 Å². The molecule has 1 aromatic carbocycles. The molecule has 1 rings (SSSR count). The number of aromatic hydroxyl groups is 1. The van der Waals surface area contributed by atoms with Gasteiger partial charge in [0.05, 0.1) is 13.0 Å². The maximum atomic E-state index is 11.0. The Morgan fingerprint density at radius 1 is 1.56 bits per heavy atom. The van der Waals surface area contributed by atoms with Crippen LogP contribution in [-0.4, -0.2) is 29.8 Å². The van der Waals surface area contributed by atoms with Crippen molar-refractivity contribution in [3.8, 4) is 11.5 Å². The molecule has 0 aromatic heterocycles. The van der Waals surface area contributed by atoms with E-state index >= 15 is 0 Å².